The molecule has 1 aromatic rings. The molecule has 84 valence electrons. The van der Waals surface area contributed by atoms with Crippen molar-refractivity contribution in [3.8, 4) is 0 Å². The quantitative estimate of drug-likeness (QED) is 0.724. The topological polar surface area (TPSA) is 28.2 Å². The Balaban J connectivity index is 2.52. The minimum Gasteiger partial charge on any atom is -0.377 e. The molecule has 1 rings (SSSR count). The van der Waals surface area contributed by atoms with Gasteiger partial charge in [-0.25, -0.2) is 0 Å². The van der Waals surface area contributed by atoms with Crippen LogP contribution in [0.1, 0.15) is 12.0 Å². The lowest BCUT2D eigenvalue weighted by Gasteiger charge is -2.16. The van der Waals surface area contributed by atoms with E-state index in [9.17, 15) is 4.39 Å². The molecule has 0 amide bonds. The standard InChI is InChI=1S/C11H18FN3/c1-15(2)11-4-7-14-9-10(11)8-13-6-3-5-12/h4,7,9,13H,3,5-6,8H2,1-2H3. The van der Waals surface area contributed by atoms with E-state index < -0.39 is 0 Å². The van der Waals surface area contributed by atoms with E-state index in [2.05, 4.69) is 10.3 Å². The largest absolute Gasteiger partial charge is 0.377 e. The van der Waals surface area contributed by atoms with Gasteiger partial charge in [-0.1, -0.05) is 0 Å². The second-order valence-corrected chi connectivity index (χ2v) is 3.62. The molecule has 0 radical (unpaired) electrons. The predicted molar refractivity (Wildman–Crippen MR) is 60.9 cm³/mol. The average Bonchev–Trinajstić information content (AvgIpc) is 2.25. The molecule has 15 heavy (non-hydrogen) atoms. The van der Waals surface area contributed by atoms with Gasteiger partial charge in [-0.05, 0) is 19.0 Å². The van der Waals surface area contributed by atoms with Crippen LogP contribution < -0.4 is 10.2 Å². The van der Waals surface area contributed by atoms with E-state index in [1.807, 2.05) is 31.3 Å². The first-order chi connectivity index (χ1) is 7.25. The van der Waals surface area contributed by atoms with Crippen LogP contribution in [0.2, 0.25) is 0 Å². The van der Waals surface area contributed by atoms with Crippen molar-refractivity contribution >= 4 is 5.69 Å². The number of aromatic nitrogens is 1. The lowest BCUT2D eigenvalue weighted by Crippen LogP contribution is -2.18. The SMILES string of the molecule is CN(C)c1ccncc1CNCCCF. The van der Waals surface area contributed by atoms with Crippen molar-refractivity contribution in [2.75, 3.05) is 32.2 Å². The fraction of sp³-hybridized carbons (Fsp3) is 0.545. The minimum atomic E-state index is -0.263. The highest BCUT2D eigenvalue weighted by molar-refractivity contribution is 5.50. The van der Waals surface area contributed by atoms with Crippen LogP contribution in [0.25, 0.3) is 0 Å². The van der Waals surface area contributed by atoms with Crippen molar-refractivity contribution in [2.24, 2.45) is 0 Å². The number of rotatable bonds is 6. The fourth-order valence-corrected chi connectivity index (χ4v) is 1.41. The first-order valence-electron chi connectivity index (χ1n) is 5.12. The Kier molecular flexibility index (Phi) is 5.04. The van der Waals surface area contributed by atoms with Gasteiger partial charge in [0.25, 0.3) is 0 Å². The van der Waals surface area contributed by atoms with Crippen molar-refractivity contribution in [3.05, 3.63) is 24.0 Å². The molecule has 0 aliphatic rings. The van der Waals surface area contributed by atoms with Crippen LogP contribution >= 0.6 is 0 Å². The van der Waals surface area contributed by atoms with Crippen LogP contribution in [0, 0.1) is 0 Å². The molecule has 0 aromatic carbocycles. The van der Waals surface area contributed by atoms with Crippen molar-refractivity contribution in [1.82, 2.24) is 10.3 Å². The Hall–Kier alpha value is -1.16. The van der Waals surface area contributed by atoms with Crippen molar-refractivity contribution < 1.29 is 4.39 Å². The summed E-state index contributed by atoms with van der Waals surface area (Å²) in [4.78, 5) is 6.14. The zero-order chi connectivity index (χ0) is 11.1. The summed E-state index contributed by atoms with van der Waals surface area (Å²) in [5.74, 6) is 0. The van der Waals surface area contributed by atoms with Gasteiger partial charge in [0, 0.05) is 44.3 Å². The zero-order valence-corrected chi connectivity index (χ0v) is 9.33. The average molecular weight is 211 g/mol. The van der Waals surface area contributed by atoms with Gasteiger partial charge in [-0.15, -0.1) is 0 Å². The summed E-state index contributed by atoms with van der Waals surface area (Å²) in [5, 5.41) is 3.19. The van der Waals surface area contributed by atoms with E-state index in [1.165, 1.54) is 0 Å². The van der Waals surface area contributed by atoms with E-state index >= 15 is 0 Å². The number of hydrogen-bond donors (Lipinski definition) is 1. The lowest BCUT2D eigenvalue weighted by atomic mass is 10.2. The maximum atomic E-state index is 11.9. The van der Waals surface area contributed by atoms with Gasteiger partial charge < -0.3 is 10.2 Å². The number of anilines is 1. The Morgan fingerprint density at radius 2 is 2.27 bits per heavy atom. The van der Waals surface area contributed by atoms with Gasteiger partial charge in [0.1, 0.15) is 0 Å². The van der Waals surface area contributed by atoms with Gasteiger partial charge in [-0.2, -0.15) is 0 Å². The van der Waals surface area contributed by atoms with Crippen LogP contribution in [-0.2, 0) is 6.54 Å². The number of nitrogens with zero attached hydrogens (tertiary/aromatic N) is 2. The number of alkyl halides is 1. The molecular formula is C11H18FN3. The predicted octanol–water partition coefficient (Wildman–Crippen LogP) is 1.60. The third-order valence-corrected chi connectivity index (χ3v) is 2.16. The van der Waals surface area contributed by atoms with Gasteiger partial charge >= 0.3 is 0 Å². The molecule has 1 heterocycles. The normalized spacial score (nSPS) is 10.3. The highest BCUT2D eigenvalue weighted by Crippen LogP contribution is 2.15. The van der Waals surface area contributed by atoms with Crippen LogP contribution in [-0.4, -0.2) is 32.3 Å². The summed E-state index contributed by atoms with van der Waals surface area (Å²) in [6, 6.07) is 1.98. The van der Waals surface area contributed by atoms with Crippen LogP contribution in [0.15, 0.2) is 18.5 Å². The first kappa shape index (κ1) is 11.9. The molecule has 1 N–H and O–H groups in total. The molecule has 0 unspecified atom stereocenters. The summed E-state index contributed by atoms with van der Waals surface area (Å²) >= 11 is 0. The van der Waals surface area contributed by atoms with Crippen molar-refractivity contribution in [3.63, 3.8) is 0 Å². The monoisotopic (exact) mass is 211 g/mol. The minimum absolute atomic E-state index is 0.263. The summed E-state index contributed by atoms with van der Waals surface area (Å²) in [5.41, 5.74) is 2.29. The zero-order valence-electron chi connectivity index (χ0n) is 9.33. The van der Waals surface area contributed by atoms with E-state index in [0.717, 1.165) is 17.8 Å². The summed E-state index contributed by atoms with van der Waals surface area (Å²) in [7, 11) is 4.00. The molecule has 0 saturated carbocycles. The van der Waals surface area contributed by atoms with Gasteiger partial charge in [-0.3, -0.25) is 9.37 Å². The molecule has 1 aromatic heterocycles. The van der Waals surface area contributed by atoms with Gasteiger partial charge in [0.2, 0.25) is 0 Å². The molecule has 4 heteroatoms. The highest BCUT2D eigenvalue weighted by atomic mass is 19.1. The summed E-state index contributed by atoms with van der Waals surface area (Å²) < 4.78 is 11.9. The molecule has 0 atom stereocenters. The maximum absolute atomic E-state index is 11.9. The van der Waals surface area contributed by atoms with Crippen LogP contribution in [0.4, 0.5) is 10.1 Å². The molecule has 0 spiro atoms. The van der Waals surface area contributed by atoms with Crippen molar-refractivity contribution in [2.45, 2.75) is 13.0 Å². The number of nitrogens with one attached hydrogen (secondary N) is 1. The van der Waals surface area contributed by atoms with E-state index in [0.29, 0.717) is 13.0 Å². The van der Waals surface area contributed by atoms with E-state index in [-0.39, 0.29) is 6.67 Å². The molecular weight excluding hydrogens is 193 g/mol. The van der Waals surface area contributed by atoms with Gasteiger partial charge in [0.15, 0.2) is 0 Å². The Morgan fingerprint density at radius 1 is 1.47 bits per heavy atom. The summed E-state index contributed by atoms with van der Waals surface area (Å²) in [6.07, 6.45) is 4.19. The van der Waals surface area contributed by atoms with Gasteiger partial charge in [0.05, 0.1) is 6.67 Å². The fourth-order valence-electron chi connectivity index (χ4n) is 1.41. The third-order valence-electron chi connectivity index (χ3n) is 2.16. The Morgan fingerprint density at radius 3 is 2.93 bits per heavy atom. The smallest absolute Gasteiger partial charge is 0.0906 e. The molecule has 0 fully saturated rings. The van der Waals surface area contributed by atoms with Crippen LogP contribution in [0.3, 0.4) is 0 Å². The number of hydrogen-bond acceptors (Lipinski definition) is 3. The third kappa shape index (κ3) is 3.83. The highest BCUT2D eigenvalue weighted by Gasteiger charge is 2.02. The molecule has 3 nitrogen and oxygen atoms in total. The lowest BCUT2D eigenvalue weighted by molar-refractivity contribution is 0.459. The summed E-state index contributed by atoms with van der Waals surface area (Å²) in [6.45, 7) is 1.18. The second-order valence-electron chi connectivity index (χ2n) is 3.62. The second kappa shape index (κ2) is 6.35. The first-order valence-corrected chi connectivity index (χ1v) is 5.12. The number of pyridine rings is 1. The Bertz CT molecular complexity index is 289. The van der Waals surface area contributed by atoms with E-state index in [4.69, 9.17) is 0 Å². The van der Waals surface area contributed by atoms with E-state index in [1.54, 1.807) is 6.20 Å². The Labute approximate surface area is 90.3 Å². The van der Waals surface area contributed by atoms with Crippen molar-refractivity contribution in [1.29, 1.82) is 0 Å². The molecule has 0 saturated heterocycles. The molecule has 0 aliphatic heterocycles. The molecule has 0 bridgehead atoms. The number of halogens is 1. The van der Waals surface area contributed by atoms with Crippen LogP contribution in [0.5, 0.6) is 0 Å². The maximum Gasteiger partial charge on any atom is 0.0906 e. The molecule has 0 aliphatic carbocycles.